The Bertz CT molecular complexity index is 516. The fourth-order valence-electron chi connectivity index (χ4n) is 1.99. The second-order valence-corrected chi connectivity index (χ2v) is 4.45. The molecule has 18 heavy (non-hydrogen) atoms. The van der Waals surface area contributed by atoms with Crippen LogP contribution in [-0.2, 0) is 26.6 Å². The van der Waals surface area contributed by atoms with Crippen LogP contribution in [0.25, 0.3) is 0 Å². The lowest BCUT2D eigenvalue weighted by molar-refractivity contribution is 0.631. The molecule has 0 saturated carbocycles. The van der Waals surface area contributed by atoms with E-state index in [0.29, 0.717) is 0 Å². The van der Waals surface area contributed by atoms with Crippen molar-refractivity contribution >= 4 is 0 Å². The van der Waals surface area contributed by atoms with Gasteiger partial charge in [0.15, 0.2) is 0 Å². The van der Waals surface area contributed by atoms with Crippen molar-refractivity contribution in [1.29, 1.82) is 0 Å². The fourth-order valence-corrected chi connectivity index (χ4v) is 1.99. The van der Waals surface area contributed by atoms with Gasteiger partial charge in [-0.05, 0) is 24.5 Å². The molecule has 4 nitrogen and oxygen atoms in total. The monoisotopic (exact) mass is 244 g/mol. The summed E-state index contributed by atoms with van der Waals surface area (Å²) >= 11 is 0. The molecule has 1 heterocycles. The molecule has 96 valence electrons. The largest absolute Gasteiger partial charge is 0.317 e. The Morgan fingerprint density at radius 2 is 1.83 bits per heavy atom. The number of aromatic nitrogens is 3. The van der Waals surface area contributed by atoms with Crippen molar-refractivity contribution in [3.63, 3.8) is 0 Å². The summed E-state index contributed by atoms with van der Waals surface area (Å²) in [5.41, 5.74) is 2.76. The van der Waals surface area contributed by atoms with E-state index in [1.807, 2.05) is 18.5 Å². The van der Waals surface area contributed by atoms with Crippen molar-refractivity contribution in [3.8, 4) is 0 Å². The molecule has 1 N–H and O–H groups in total. The molecule has 0 spiro atoms. The Kier molecular flexibility index (Phi) is 4.10. The number of nitrogens with zero attached hydrogens (tertiary/aromatic N) is 3. The van der Waals surface area contributed by atoms with Gasteiger partial charge in [0.25, 0.3) is 0 Å². The molecule has 0 aliphatic rings. The van der Waals surface area contributed by atoms with Crippen molar-refractivity contribution in [2.24, 2.45) is 7.05 Å². The van der Waals surface area contributed by atoms with Gasteiger partial charge in [-0.3, -0.25) is 0 Å². The van der Waals surface area contributed by atoms with Crippen LogP contribution in [0.4, 0.5) is 0 Å². The van der Waals surface area contributed by atoms with Crippen LogP contribution in [0.3, 0.4) is 0 Å². The van der Waals surface area contributed by atoms with Crippen LogP contribution < -0.4 is 5.32 Å². The molecule has 0 unspecified atom stereocenters. The van der Waals surface area contributed by atoms with Gasteiger partial charge < -0.3 is 9.88 Å². The van der Waals surface area contributed by atoms with E-state index in [-0.39, 0.29) is 0 Å². The molecule has 0 amide bonds. The zero-order valence-electron chi connectivity index (χ0n) is 11.3. The Hall–Kier alpha value is -1.68. The molecule has 4 heteroatoms. The average molecular weight is 244 g/mol. The van der Waals surface area contributed by atoms with Crippen molar-refractivity contribution in [2.45, 2.75) is 33.4 Å². The fraction of sp³-hybridized carbons (Fsp3) is 0.429. The van der Waals surface area contributed by atoms with E-state index in [9.17, 15) is 0 Å². The first kappa shape index (κ1) is 12.8. The topological polar surface area (TPSA) is 42.7 Å². The standard InChI is InChI=1S/C14H20N4/c1-4-12-7-5-6-8-13(12)9-15-10-14-17-16-11(2)18(14)3/h5-8,15H,4,9-10H2,1-3H3. The predicted molar refractivity (Wildman–Crippen MR) is 72.1 cm³/mol. The lowest BCUT2D eigenvalue weighted by atomic mass is 10.1. The molecule has 0 bridgehead atoms. The summed E-state index contributed by atoms with van der Waals surface area (Å²) < 4.78 is 2.01. The summed E-state index contributed by atoms with van der Waals surface area (Å²) in [6, 6.07) is 8.54. The van der Waals surface area contributed by atoms with E-state index in [1.54, 1.807) is 0 Å². The first-order chi connectivity index (χ1) is 8.72. The molecule has 0 fully saturated rings. The molecule has 0 atom stereocenters. The van der Waals surface area contributed by atoms with E-state index in [2.05, 4.69) is 46.7 Å². The third kappa shape index (κ3) is 2.76. The maximum atomic E-state index is 4.14. The van der Waals surface area contributed by atoms with Gasteiger partial charge in [0.2, 0.25) is 0 Å². The van der Waals surface area contributed by atoms with Crippen LogP contribution in [0.5, 0.6) is 0 Å². The summed E-state index contributed by atoms with van der Waals surface area (Å²) in [7, 11) is 1.99. The van der Waals surface area contributed by atoms with E-state index < -0.39 is 0 Å². The quantitative estimate of drug-likeness (QED) is 0.874. The number of benzene rings is 1. The minimum absolute atomic E-state index is 0.745. The number of hydrogen-bond acceptors (Lipinski definition) is 3. The van der Waals surface area contributed by atoms with Gasteiger partial charge in [0.05, 0.1) is 6.54 Å². The third-order valence-electron chi connectivity index (χ3n) is 3.28. The molecule has 1 aromatic heterocycles. The minimum Gasteiger partial charge on any atom is -0.317 e. The highest BCUT2D eigenvalue weighted by atomic mass is 15.3. The smallest absolute Gasteiger partial charge is 0.146 e. The maximum absolute atomic E-state index is 4.14. The SMILES string of the molecule is CCc1ccccc1CNCc1nnc(C)n1C. The van der Waals surface area contributed by atoms with Crippen LogP contribution in [-0.4, -0.2) is 14.8 Å². The first-order valence-corrected chi connectivity index (χ1v) is 6.34. The van der Waals surface area contributed by atoms with Gasteiger partial charge in [0.1, 0.15) is 11.6 Å². The Balaban J connectivity index is 1.94. The predicted octanol–water partition coefficient (Wildman–Crippen LogP) is 1.98. The van der Waals surface area contributed by atoms with Crippen LogP contribution in [0.2, 0.25) is 0 Å². The molecule has 2 aromatic rings. The molecular weight excluding hydrogens is 224 g/mol. The van der Waals surface area contributed by atoms with E-state index in [0.717, 1.165) is 31.2 Å². The van der Waals surface area contributed by atoms with Gasteiger partial charge in [-0.2, -0.15) is 0 Å². The summed E-state index contributed by atoms with van der Waals surface area (Å²) in [4.78, 5) is 0. The van der Waals surface area contributed by atoms with Gasteiger partial charge >= 0.3 is 0 Å². The number of hydrogen-bond donors (Lipinski definition) is 1. The molecule has 2 rings (SSSR count). The van der Waals surface area contributed by atoms with Crippen molar-refractivity contribution in [2.75, 3.05) is 0 Å². The highest BCUT2D eigenvalue weighted by Crippen LogP contribution is 2.09. The van der Waals surface area contributed by atoms with Crippen LogP contribution >= 0.6 is 0 Å². The minimum atomic E-state index is 0.745. The Morgan fingerprint density at radius 1 is 1.11 bits per heavy atom. The summed E-state index contributed by atoms with van der Waals surface area (Å²) in [5.74, 6) is 1.92. The third-order valence-corrected chi connectivity index (χ3v) is 3.28. The van der Waals surface area contributed by atoms with Crippen molar-refractivity contribution < 1.29 is 0 Å². The van der Waals surface area contributed by atoms with Gasteiger partial charge in [-0.15, -0.1) is 10.2 Å². The zero-order chi connectivity index (χ0) is 13.0. The molecule has 0 aliphatic carbocycles. The zero-order valence-corrected chi connectivity index (χ0v) is 11.3. The van der Waals surface area contributed by atoms with Crippen molar-refractivity contribution in [1.82, 2.24) is 20.1 Å². The lowest BCUT2D eigenvalue weighted by Gasteiger charge is -2.09. The van der Waals surface area contributed by atoms with Crippen LogP contribution in [0, 0.1) is 6.92 Å². The van der Waals surface area contributed by atoms with E-state index in [4.69, 9.17) is 0 Å². The second-order valence-electron chi connectivity index (χ2n) is 4.45. The van der Waals surface area contributed by atoms with E-state index >= 15 is 0 Å². The lowest BCUT2D eigenvalue weighted by Crippen LogP contribution is -2.17. The molecule has 0 radical (unpaired) electrons. The number of rotatable bonds is 5. The second kappa shape index (κ2) is 5.78. The molecule has 0 aliphatic heterocycles. The average Bonchev–Trinajstić information content (AvgIpc) is 2.71. The van der Waals surface area contributed by atoms with Crippen LogP contribution in [0.15, 0.2) is 24.3 Å². The Morgan fingerprint density at radius 3 is 2.44 bits per heavy atom. The Labute approximate surface area is 108 Å². The summed E-state index contributed by atoms with van der Waals surface area (Å²) in [6.45, 7) is 5.76. The van der Waals surface area contributed by atoms with Gasteiger partial charge in [-0.25, -0.2) is 0 Å². The highest BCUT2D eigenvalue weighted by molar-refractivity contribution is 5.26. The van der Waals surface area contributed by atoms with Gasteiger partial charge in [-0.1, -0.05) is 31.2 Å². The number of nitrogens with one attached hydrogen (secondary N) is 1. The maximum Gasteiger partial charge on any atom is 0.146 e. The van der Waals surface area contributed by atoms with Crippen LogP contribution in [0.1, 0.15) is 29.7 Å². The molecular formula is C14H20N4. The normalized spacial score (nSPS) is 10.8. The highest BCUT2D eigenvalue weighted by Gasteiger charge is 2.04. The summed E-state index contributed by atoms with van der Waals surface area (Å²) in [6.07, 6.45) is 1.07. The first-order valence-electron chi connectivity index (χ1n) is 6.34. The van der Waals surface area contributed by atoms with E-state index in [1.165, 1.54) is 11.1 Å². The molecule has 1 aromatic carbocycles. The number of aryl methyl sites for hydroxylation is 2. The molecule has 0 saturated heterocycles. The summed E-state index contributed by atoms with van der Waals surface area (Å²) in [5, 5.41) is 11.6. The van der Waals surface area contributed by atoms with Gasteiger partial charge in [0, 0.05) is 13.6 Å². The van der Waals surface area contributed by atoms with Crippen molar-refractivity contribution in [3.05, 3.63) is 47.0 Å².